The quantitative estimate of drug-likeness (QED) is 0.536. The summed E-state index contributed by atoms with van der Waals surface area (Å²) in [5, 5.41) is 9.47. The number of nitrogens with one attached hydrogen (secondary N) is 1. The Morgan fingerprint density at radius 1 is 1.07 bits per heavy atom. The Balaban J connectivity index is 1.51. The zero-order valence-electron chi connectivity index (χ0n) is 15.2. The van der Waals surface area contributed by atoms with Gasteiger partial charge in [0.2, 0.25) is 11.8 Å². The third-order valence-electron chi connectivity index (χ3n) is 4.40. The number of halogens is 1. The SMILES string of the molecule is CCN(Cc1nc2ccccc2c(=O)[nH]1)Cc1nnc(-c2ccc(Cl)cc2)o1. The van der Waals surface area contributed by atoms with Crippen LogP contribution in [0.25, 0.3) is 22.4 Å². The Labute approximate surface area is 166 Å². The fourth-order valence-corrected chi connectivity index (χ4v) is 3.04. The summed E-state index contributed by atoms with van der Waals surface area (Å²) in [5.74, 6) is 1.54. The van der Waals surface area contributed by atoms with E-state index in [1.54, 1.807) is 18.2 Å². The van der Waals surface area contributed by atoms with Crippen LogP contribution < -0.4 is 5.56 Å². The predicted octanol–water partition coefficient (Wildman–Crippen LogP) is 3.65. The highest BCUT2D eigenvalue weighted by Gasteiger charge is 2.14. The molecule has 0 spiro atoms. The number of benzene rings is 2. The van der Waals surface area contributed by atoms with Crippen molar-refractivity contribution < 1.29 is 4.42 Å². The molecular weight excluding hydrogens is 378 g/mol. The fourth-order valence-electron chi connectivity index (χ4n) is 2.92. The third kappa shape index (κ3) is 3.95. The highest BCUT2D eigenvalue weighted by atomic mass is 35.5. The van der Waals surface area contributed by atoms with Gasteiger partial charge in [-0.05, 0) is 42.9 Å². The van der Waals surface area contributed by atoms with Crippen molar-refractivity contribution in [3.63, 3.8) is 0 Å². The van der Waals surface area contributed by atoms with E-state index in [0.717, 1.165) is 12.1 Å². The van der Waals surface area contributed by atoms with E-state index in [1.165, 1.54) is 0 Å². The lowest BCUT2D eigenvalue weighted by molar-refractivity contribution is 0.238. The largest absolute Gasteiger partial charge is 0.419 e. The van der Waals surface area contributed by atoms with Crippen LogP contribution in [0.5, 0.6) is 0 Å². The minimum Gasteiger partial charge on any atom is -0.419 e. The molecule has 0 aliphatic rings. The van der Waals surface area contributed by atoms with Gasteiger partial charge in [-0.1, -0.05) is 30.7 Å². The van der Waals surface area contributed by atoms with Crippen LogP contribution in [0, 0.1) is 0 Å². The second-order valence-corrected chi connectivity index (χ2v) is 6.78. The minimum absolute atomic E-state index is 0.139. The van der Waals surface area contributed by atoms with Crippen LogP contribution in [-0.4, -0.2) is 31.6 Å². The number of hydrogen-bond donors (Lipinski definition) is 1. The molecule has 7 nitrogen and oxygen atoms in total. The van der Waals surface area contributed by atoms with Crippen molar-refractivity contribution in [2.45, 2.75) is 20.0 Å². The van der Waals surface area contributed by atoms with Crippen molar-refractivity contribution in [2.75, 3.05) is 6.54 Å². The summed E-state index contributed by atoms with van der Waals surface area (Å²) in [7, 11) is 0. The number of hydrogen-bond acceptors (Lipinski definition) is 6. The van der Waals surface area contributed by atoms with E-state index < -0.39 is 0 Å². The molecule has 0 unspecified atom stereocenters. The molecule has 28 heavy (non-hydrogen) atoms. The molecule has 0 aliphatic heterocycles. The number of nitrogens with zero attached hydrogens (tertiary/aromatic N) is 4. The third-order valence-corrected chi connectivity index (χ3v) is 4.65. The van der Waals surface area contributed by atoms with Gasteiger partial charge in [0, 0.05) is 10.6 Å². The van der Waals surface area contributed by atoms with E-state index in [1.807, 2.05) is 37.3 Å². The Morgan fingerprint density at radius 3 is 2.64 bits per heavy atom. The lowest BCUT2D eigenvalue weighted by Gasteiger charge is -2.17. The molecule has 1 N–H and O–H groups in total. The van der Waals surface area contributed by atoms with Crippen molar-refractivity contribution in [3.05, 3.63) is 75.6 Å². The molecule has 142 valence electrons. The molecule has 8 heteroatoms. The van der Waals surface area contributed by atoms with E-state index >= 15 is 0 Å². The van der Waals surface area contributed by atoms with Gasteiger partial charge in [0.15, 0.2) is 0 Å². The van der Waals surface area contributed by atoms with Gasteiger partial charge in [0.1, 0.15) is 5.82 Å². The van der Waals surface area contributed by atoms with Gasteiger partial charge in [-0.3, -0.25) is 9.69 Å². The van der Waals surface area contributed by atoms with Crippen molar-refractivity contribution in [1.29, 1.82) is 0 Å². The smallest absolute Gasteiger partial charge is 0.258 e. The van der Waals surface area contributed by atoms with Crippen LogP contribution in [0.3, 0.4) is 0 Å². The van der Waals surface area contributed by atoms with Crippen LogP contribution in [0.2, 0.25) is 5.02 Å². The van der Waals surface area contributed by atoms with E-state index in [9.17, 15) is 4.79 Å². The number of aromatic nitrogens is 4. The van der Waals surface area contributed by atoms with E-state index in [0.29, 0.717) is 46.6 Å². The predicted molar refractivity (Wildman–Crippen MR) is 107 cm³/mol. The standard InChI is InChI=1S/C20H18ClN5O2/c1-2-26(11-17-22-16-6-4-3-5-15(16)19(27)23-17)12-18-24-25-20(28-18)13-7-9-14(21)10-8-13/h3-10H,2,11-12H2,1H3,(H,22,23,27). The van der Waals surface area contributed by atoms with Crippen LogP contribution in [-0.2, 0) is 13.1 Å². The van der Waals surface area contributed by atoms with Gasteiger partial charge in [0.05, 0.1) is 24.0 Å². The summed E-state index contributed by atoms with van der Waals surface area (Å²) in [6, 6.07) is 14.5. The molecule has 0 fully saturated rings. The lowest BCUT2D eigenvalue weighted by atomic mass is 10.2. The molecule has 0 aliphatic carbocycles. The number of H-pyrrole nitrogens is 1. The second-order valence-electron chi connectivity index (χ2n) is 6.34. The average Bonchev–Trinajstić information content (AvgIpc) is 3.16. The van der Waals surface area contributed by atoms with E-state index in [4.69, 9.17) is 16.0 Å². The molecule has 0 saturated heterocycles. The zero-order chi connectivity index (χ0) is 19.5. The highest BCUT2D eigenvalue weighted by molar-refractivity contribution is 6.30. The summed E-state index contributed by atoms with van der Waals surface area (Å²) < 4.78 is 5.77. The first kappa shape index (κ1) is 18.3. The molecule has 0 radical (unpaired) electrons. The maximum absolute atomic E-state index is 12.2. The molecule has 2 heterocycles. The van der Waals surface area contributed by atoms with Crippen LogP contribution >= 0.6 is 11.6 Å². The summed E-state index contributed by atoms with van der Waals surface area (Å²) in [6.45, 7) is 3.67. The molecule has 4 aromatic rings. The maximum Gasteiger partial charge on any atom is 0.258 e. The van der Waals surface area contributed by atoms with Crippen LogP contribution in [0.1, 0.15) is 18.6 Å². The fraction of sp³-hybridized carbons (Fsp3) is 0.200. The van der Waals surface area contributed by atoms with Gasteiger partial charge < -0.3 is 9.40 Å². The molecule has 4 rings (SSSR count). The first-order valence-corrected chi connectivity index (χ1v) is 9.29. The summed E-state index contributed by atoms with van der Waals surface area (Å²) in [6.07, 6.45) is 0. The molecule has 2 aromatic heterocycles. The molecule has 0 atom stereocenters. The maximum atomic E-state index is 12.2. The first-order chi connectivity index (χ1) is 13.6. The van der Waals surface area contributed by atoms with Gasteiger partial charge in [-0.15, -0.1) is 10.2 Å². The monoisotopic (exact) mass is 395 g/mol. The molecule has 0 bridgehead atoms. The Bertz CT molecular complexity index is 1150. The van der Waals surface area contributed by atoms with Crippen molar-refractivity contribution in [2.24, 2.45) is 0 Å². The highest BCUT2D eigenvalue weighted by Crippen LogP contribution is 2.21. The summed E-state index contributed by atoms with van der Waals surface area (Å²) in [5.41, 5.74) is 1.35. The lowest BCUT2D eigenvalue weighted by Crippen LogP contribution is -2.25. The number of fused-ring (bicyclic) bond motifs is 1. The second kappa shape index (κ2) is 7.92. The Morgan fingerprint density at radius 2 is 1.86 bits per heavy atom. The summed E-state index contributed by atoms with van der Waals surface area (Å²) in [4.78, 5) is 21.7. The number of rotatable bonds is 6. The number of para-hydroxylation sites is 1. The van der Waals surface area contributed by atoms with Gasteiger partial charge >= 0.3 is 0 Å². The molecule has 2 aromatic carbocycles. The van der Waals surface area contributed by atoms with Gasteiger partial charge in [0.25, 0.3) is 5.56 Å². The van der Waals surface area contributed by atoms with Gasteiger partial charge in [-0.2, -0.15) is 0 Å². The Hall–Kier alpha value is -3.03. The van der Waals surface area contributed by atoms with Crippen molar-refractivity contribution in [1.82, 2.24) is 25.1 Å². The zero-order valence-corrected chi connectivity index (χ0v) is 16.0. The van der Waals surface area contributed by atoms with Crippen molar-refractivity contribution in [3.8, 4) is 11.5 Å². The molecule has 0 saturated carbocycles. The van der Waals surface area contributed by atoms with Crippen LogP contribution in [0.15, 0.2) is 57.7 Å². The number of aromatic amines is 1. The Kier molecular flexibility index (Phi) is 5.18. The topological polar surface area (TPSA) is 87.9 Å². The van der Waals surface area contributed by atoms with Crippen molar-refractivity contribution >= 4 is 22.5 Å². The normalized spacial score (nSPS) is 11.4. The van der Waals surface area contributed by atoms with Gasteiger partial charge in [-0.25, -0.2) is 4.98 Å². The summed E-state index contributed by atoms with van der Waals surface area (Å²) >= 11 is 5.91. The van der Waals surface area contributed by atoms with E-state index in [2.05, 4.69) is 25.1 Å². The molecule has 0 amide bonds. The van der Waals surface area contributed by atoms with Crippen LogP contribution in [0.4, 0.5) is 0 Å². The first-order valence-electron chi connectivity index (χ1n) is 8.91. The average molecular weight is 396 g/mol. The minimum atomic E-state index is -0.139. The van der Waals surface area contributed by atoms with E-state index in [-0.39, 0.29) is 5.56 Å². The molecular formula is C20H18ClN5O2.